The van der Waals surface area contributed by atoms with Crippen molar-refractivity contribution >= 4 is 0 Å². The third kappa shape index (κ3) is 3.74. The molecule has 0 spiro atoms. The van der Waals surface area contributed by atoms with Crippen molar-refractivity contribution in [2.45, 2.75) is 64.4 Å². The molecule has 0 heterocycles. The van der Waals surface area contributed by atoms with Gasteiger partial charge in [0.15, 0.2) is 6.79 Å². The van der Waals surface area contributed by atoms with E-state index in [1.54, 1.807) is 7.11 Å². The molecule has 1 aromatic rings. The zero-order valence-electron chi connectivity index (χ0n) is 16.6. The lowest BCUT2D eigenvalue weighted by atomic mass is 9.64. The van der Waals surface area contributed by atoms with E-state index in [0.29, 0.717) is 0 Å². The van der Waals surface area contributed by atoms with Crippen LogP contribution in [0.25, 0.3) is 0 Å². The van der Waals surface area contributed by atoms with Crippen LogP contribution in [0.3, 0.4) is 0 Å². The number of hydrogen-bond acceptors (Lipinski definition) is 3. The van der Waals surface area contributed by atoms with E-state index in [0.717, 1.165) is 61.8 Å². The van der Waals surface area contributed by atoms with Crippen LogP contribution >= 0.6 is 0 Å². The second kappa shape index (κ2) is 8.88. The summed E-state index contributed by atoms with van der Waals surface area (Å²) >= 11 is 0. The normalized spacial score (nSPS) is 24.3. The molecule has 0 fully saturated rings. The highest BCUT2D eigenvalue weighted by molar-refractivity contribution is 5.49. The Kier molecular flexibility index (Phi) is 7.08. The average Bonchev–Trinajstić information content (AvgIpc) is 2.88. The number of fused-ring (bicyclic) bond motifs is 1. The minimum atomic E-state index is -0.988. The zero-order valence-corrected chi connectivity index (χ0v) is 16.6. The maximum Gasteiger partial charge on any atom is 0.188 e. The van der Waals surface area contributed by atoms with E-state index in [4.69, 9.17) is 9.47 Å². The zero-order chi connectivity index (χ0) is 19.2. The fourth-order valence-electron chi connectivity index (χ4n) is 4.51. The Bertz CT molecular complexity index is 636. The molecule has 0 bridgehead atoms. The maximum atomic E-state index is 11.9. The molecule has 3 heteroatoms. The van der Waals surface area contributed by atoms with Gasteiger partial charge < -0.3 is 14.6 Å². The quantitative estimate of drug-likeness (QED) is 0.321. The summed E-state index contributed by atoms with van der Waals surface area (Å²) in [5.41, 5.74) is 1.79. The molecule has 0 amide bonds. The number of ether oxygens (including phenoxy) is 2. The molecule has 0 aromatic heterocycles. The molecule has 1 N–H and O–H groups in total. The maximum absolute atomic E-state index is 11.9. The highest BCUT2D eigenvalue weighted by Crippen LogP contribution is 2.59. The third-order valence-electron chi connectivity index (χ3n) is 5.80. The number of hydrogen-bond donors (Lipinski definition) is 1. The van der Waals surface area contributed by atoms with Crippen molar-refractivity contribution in [1.82, 2.24) is 0 Å². The van der Waals surface area contributed by atoms with Gasteiger partial charge in [-0.2, -0.15) is 0 Å². The van der Waals surface area contributed by atoms with Gasteiger partial charge in [0, 0.05) is 12.5 Å². The Hall–Kier alpha value is -1.58. The summed E-state index contributed by atoms with van der Waals surface area (Å²) in [7, 11) is 1.61. The molecule has 144 valence electrons. The standard InChI is InChI=1S/C23H34O3/c1-6-8-10-14-22(13-9-7-2)16-19-15-20(26-17-25-5)11-12-21(19)23(22,24)18(3)4/h6,11-12,15,24H,1,3,7-10,13-14,16-17H2,2,4-5H3. The Labute approximate surface area is 158 Å². The van der Waals surface area contributed by atoms with Gasteiger partial charge in [0.05, 0.1) is 0 Å². The van der Waals surface area contributed by atoms with E-state index in [9.17, 15) is 5.11 Å². The third-order valence-corrected chi connectivity index (χ3v) is 5.80. The summed E-state index contributed by atoms with van der Waals surface area (Å²) in [6, 6.07) is 5.99. The summed E-state index contributed by atoms with van der Waals surface area (Å²) in [4.78, 5) is 0. The van der Waals surface area contributed by atoms with Crippen LogP contribution in [0, 0.1) is 5.41 Å². The number of unbranched alkanes of at least 4 members (excludes halogenated alkanes) is 2. The smallest absolute Gasteiger partial charge is 0.188 e. The van der Waals surface area contributed by atoms with Crippen LogP contribution in [0.2, 0.25) is 0 Å². The van der Waals surface area contributed by atoms with E-state index < -0.39 is 5.60 Å². The first-order valence-electron chi connectivity index (χ1n) is 9.69. The summed E-state index contributed by atoms with van der Waals surface area (Å²) in [6.07, 6.45) is 9.00. The van der Waals surface area contributed by atoms with Crippen molar-refractivity contribution in [3.8, 4) is 5.75 Å². The van der Waals surface area contributed by atoms with Crippen LogP contribution in [-0.2, 0) is 16.8 Å². The molecule has 1 aliphatic carbocycles. The second-order valence-electron chi connectivity index (χ2n) is 7.60. The summed E-state index contributed by atoms with van der Waals surface area (Å²) in [5.74, 6) is 0.784. The van der Waals surface area contributed by atoms with E-state index >= 15 is 0 Å². The molecule has 3 nitrogen and oxygen atoms in total. The van der Waals surface area contributed by atoms with Gasteiger partial charge in [-0.05, 0) is 67.9 Å². The van der Waals surface area contributed by atoms with E-state index in [1.165, 1.54) is 5.56 Å². The molecule has 2 unspecified atom stereocenters. The number of benzene rings is 1. The lowest BCUT2D eigenvalue weighted by Crippen LogP contribution is -2.43. The van der Waals surface area contributed by atoms with E-state index in [1.807, 2.05) is 25.1 Å². The molecular weight excluding hydrogens is 324 g/mol. The lowest BCUT2D eigenvalue weighted by Gasteiger charge is -2.44. The molecule has 1 aromatic carbocycles. The van der Waals surface area contributed by atoms with Crippen LogP contribution in [0.1, 0.15) is 63.5 Å². The number of rotatable bonds is 11. The molecular formula is C23H34O3. The van der Waals surface area contributed by atoms with Crippen LogP contribution in [0.5, 0.6) is 5.75 Å². The SMILES string of the molecule is C=CCCCC1(CCCC)Cc2cc(OCOC)ccc2C1(O)C(=C)C. The van der Waals surface area contributed by atoms with E-state index in [-0.39, 0.29) is 12.2 Å². The van der Waals surface area contributed by atoms with Gasteiger partial charge in [-0.3, -0.25) is 0 Å². The fraction of sp³-hybridized carbons (Fsp3) is 0.565. The predicted molar refractivity (Wildman–Crippen MR) is 107 cm³/mol. The monoisotopic (exact) mass is 358 g/mol. The van der Waals surface area contributed by atoms with Gasteiger partial charge in [-0.25, -0.2) is 0 Å². The Balaban J connectivity index is 2.45. The van der Waals surface area contributed by atoms with Crippen molar-refractivity contribution in [1.29, 1.82) is 0 Å². The molecule has 2 rings (SSSR count). The highest BCUT2D eigenvalue weighted by Gasteiger charge is 2.56. The van der Waals surface area contributed by atoms with E-state index in [2.05, 4.69) is 26.1 Å². The molecule has 1 aliphatic rings. The van der Waals surface area contributed by atoms with Gasteiger partial charge in [0.25, 0.3) is 0 Å². The van der Waals surface area contributed by atoms with Gasteiger partial charge in [0.2, 0.25) is 0 Å². The summed E-state index contributed by atoms with van der Waals surface area (Å²) < 4.78 is 10.6. The first-order chi connectivity index (χ1) is 12.4. The van der Waals surface area contributed by atoms with Gasteiger partial charge in [-0.1, -0.05) is 38.5 Å². The molecule has 2 atom stereocenters. The topological polar surface area (TPSA) is 38.7 Å². The minimum Gasteiger partial charge on any atom is -0.468 e. The van der Waals surface area contributed by atoms with Crippen molar-refractivity contribution in [2.24, 2.45) is 5.41 Å². The van der Waals surface area contributed by atoms with Crippen molar-refractivity contribution < 1.29 is 14.6 Å². The average molecular weight is 359 g/mol. The number of methoxy groups -OCH3 is 1. The highest BCUT2D eigenvalue weighted by atomic mass is 16.7. The van der Waals surface area contributed by atoms with Crippen LogP contribution in [0.4, 0.5) is 0 Å². The number of aliphatic hydroxyl groups is 1. The molecule has 0 saturated heterocycles. The van der Waals surface area contributed by atoms with Gasteiger partial charge >= 0.3 is 0 Å². The fourth-order valence-corrected chi connectivity index (χ4v) is 4.51. The molecule has 26 heavy (non-hydrogen) atoms. The second-order valence-corrected chi connectivity index (χ2v) is 7.60. The Morgan fingerprint density at radius 3 is 2.65 bits per heavy atom. The summed E-state index contributed by atoms with van der Waals surface area (Å²) in [5, 5.41) is 11.9. The first-order valence-corrected chi connectivity index (χ1v) is 9.69. The van der Waals surface area contributed by atoms with Crippen LogP contribution in [-0.4, -0.2) is 19.0 Å². The van der Waals surface area contributed by atoms with Crippen LogP contribution in [0.15, 0.2) is 43.0 Å². The van der Waals surface area contributed by atoms with Crippen LogP contribution < -0.4 is 4.74 Å². The molecule has 0 radical (unpaired) electrons. The minimum absolute atomic E-state index is 0.208. The Morgan fingerprint density at radius 1 is 1.31 bits per heavy atom. The first kappa shape index (κ1) is 20.7. The molecule has 0 aliphatic heterocycles. The molecule has 0 saturated carbocycles. The van der Waals surface area contributed by atoms with Crippen molar-refractivity contribution in [3.05, 3.63) is 54.1 Å². The Morgan fingerprint density at radius 2 is 2.04 bits per heavy atom. The van der Waals surface area contributed by atoms with Gasteiger partial charge in [0.1, 0.15) is 11.4 Å². The number of allylic oxidation sites excluding steroid dienone is 1. The largest absolute Gasteiger partial charge is 0.468 e. The van der Waals surface area contributed by atoms with Crippen molar-refractivity contribution in [2.75, 3.05) is 13.9 Å². The summed E-state index contributed by atoms with van der Waals surface area (Å²) in [6.45, 7) is 12.4. The van der Waals surface area contributed by atoms with Crippen molar-refractivity contribution in [3.63, 3.8) is 0 Å². The lowest BCUT2D eigenvalue weighted by molar-refractivity contribution is -0.0589. The predicted octanol–water partition coefficient (Wildman–Crippen LogP) is 5.52. The van der Waals surface area contributed by atoms with Gasteiger partial charge in [-0.15, -0.1) is 6.58 Å².